The third-order valence-corrected chi connectivity index (χ3v) is 7.52. The van der Waals surface area contributed by atoms with Crippen molar-refractivity contribution in [1.82, 2.24) is 9.97 Å². The summed E-state index contributed by atoms with van der Waals surface area (Å²) in [6.07, 6.45) is 3.40. The number of rotatable bonds is 5. The van der Waals surface area contributed by atoms with Crippen LogP contribution in [0.4, 0.5) is 11.6 Å². The molecule has 1 heterocycles. The summed E-state index contributed by atoms with van der Waals surface area (Å²) in [7, 11) is -3.78. The van der Waals surface area contributed by atoms with Gasteiger partial charge in [-0.1, -0.05) is 56.5 Å². The van der Waals surface area contributed by atoms with Gasteiger partial charge in [-0.05, 0) is 49.4 Å². The van der Waals surface area contributed by atoms with Gasteiger partial charge < -0.3 is 5.32 Å². The number of benzene rings is 2. The van der Waals surface area contributed by atoms with Crippen LogP contribution < -0.4 is 10.0 Å². The first-order valence-electron chi connectivity index (χ1n) is 10.5. The predicted molar refractivity (Wildman–Crippen MR) is 121 cm³/mol. The molecule has 7 heteroatoms. The predicted octanol–water partition coefficient (Wildman–Crippen LogP) is 4.98. The quantitative estimate of drug-likeness (QED) is 0.604. The van der Waals surface area contributed by atoms with E-state index in [0.717, 1.165) is 23.9 Å². The molecule has 6 nitrogen and oxygen atoms in total. The van der Waals surface area contributed by atoms with Crippen LogP contribution in [-0.2, 0) is 10.0 Å². The van der Waals surface area contributed by atoms with Gasteiger partial charge in [0, 0.05) is 6.04 Å². The van der Waals surface area contributed by atoms with Crippen LogP contribution in [0.15, 0.2) is 53.4 Å². The summed E-state index contributed by atoms with van der Waals surface area (Å²) in [6.45, 7) is 6.44. The standard InChI is InChI=1S/C23H28N4O2S/c1-15-11-13-18(14-12-15)30(28,29)27-23-22(24-19-10-6-7-16(2)17(19)3)25-20-8-4-5-9-21(20)26-23/h4-5,8-9,11-14,16-17,19H,6-7,10H2,1-3H3,(H,24,25)(H,26,27). The molecular formula is C23H28N4O2S. The van der Waals surface area contributed by atoms with Gasteiger partial charge in [0.1, 0.15) is 0 Å². The average Bonchev–Trinajstić information content (AvgIpc) is 2.72. The highest BCUT2D eigenvalue weighted by Gasteiger charge is 2.29. The largest absolute Gasteiger partial charge is 0.364 e. The third-order valence-electron chi connectivity index (χ3n) is 6.16. The first-order valence-corrected chi connectivity index (χ1v) is 11.9. The van der Waals surface area contributed by atoms with Crippen molar-refractivity contribution < 1.29 is 8.42 Å². The lowest BCUT2D eigenvalue weighted by molar-refractivity contribution is 0.253. The second-order valence-corrected chi connectivity index (χ2v) is 10.0. The van der Waals surface area contributed by atoms with Crippen LogP contribution in [-0.4, -0.2) is 24.4 Å². The number of aryl methyl sites for hydroxylation is 1. The van der Waals surface area contributed by atoms with Gasteiger partial charge in [-0.3, -0.25) is 4.72 Å². The molecule has 3 aromatic rings. The van der Waals surface area contributed by atoms with Crippen molar-refractivity contribution in [3.05, 3.63) is 54.1 Å². The van der Waals surface area contributed by atoms with Gasteiger partial charge in [-0.25, -0.2) is 18.4 Å². The fourth-order valence-corrected chi connectivity index (χ4v) is 5.05. The Morgan fingerprint density at radius 1 is 0.900 bits per heavy atom. The molecule has 0 saturated heterocycles. The lowest BCUT2D eigenvalue weighted by Gasteiger charge is -2.35. The number of sulfonamides is 1. The minimum absolute atomic E-state index is 0.202. The van der Waals surface area contributed by atoms with Gasteiger partial charge in [0.25, 0.3) is 10.0 Å². The van der Waals surface area contributed by atoms with E-state index >= 15 is 0 Å². The molecule has 0 bridgehead atoms. The summed E-state index contributed by atoms with van der Waals surface area (Å²) in [6, 6.07) is 14.5. The lowest BCUT2D eigenvalue weighted by Crippen LogP contribution is -2.35. The Balaban J connectivity index is 1.72. The molecule has 1 aliphatic carbocycles. The highest BCUT2D eigenvalue weighted by molar-refractivity contribution is 7.92. The molecule has 3 atom stereocenters. The van der Waals surface area contributed by atoms with Crippen molar-refractivity contribution in [2.24, 2.45) is 11.8 Å². The van der Waals surface area contributed by atoms with Crippen molar-refractivity contribution in [1.29, 1.82) is 0 Å². The third kappa shape index (κ3) is 4.26. The van der Waals surface area contributed by atoms with Crippen molar-refractivity contribution in [3.8, 4) is 0 Å². The molecule has 0 amide bonds. The van der Waals surface area contributed by atoms with Gasteiger partial charge >= 0.3 is 0 Å². The second kappa shape index (κ2) is 8.22. The molecule has 2 N–H and O–H groups in total. The number of fused-ring (bicyclic) bond motifs is 1. The maximum atomic E-state index is 13.0. The van der Waals surface area contributed by atoms with Gasteiger partial charge in [-0.2, -0.15) is 0 Å². The fraction of sp³-hybridized carbons (Fsp3) is 0.391. The summed E-state index contributed by atoms with van der Waals surface area (Å²) in [5, 5.41) is 3.50. The van der Waals surface area contributed by atoms with Crippen LogP contribution >= 0.6 is 0 Å². The summed E-state index contributed by atoms with van der Waals surface area (Å²) >= 11 is 0. The molecule has 158 valence electrons. The minimum Gasteiger partial charge on any atom is -0.364 e. The first kappa shape index (κ1) is 20.6. The van der Waals surface area contributed by atoms with Crippen LogP contribution in [0.1, 0.15) is 38.7 Å². The van der Waals surface area contributed by atoms with Crippen molar-refractivity contribution in [3.63, 3.8) is 0 Å². The normalized spacial score (nSPS) is 22.0. The summed E-state index contributed by atoms with van der Waals surface area (Å²) in [4.78, 5) is 9.52. The van der Waals surface area contributed by atoms with Crippen LogP contribution in [0.5, 0.6) is 0 Å². The van der Waals surface area contributed by atoms with E-state index in [0.29, 0.717) is 23.2 Å². The highest BCUT2D eigenvalue weighted by atomic mass is 32.2. The summed E-state index contributed by atoms with van der Waals surface area (Å²) < 4.78 is 28.7. The Hall–Kier alpha value is -2.67. The topological polar surface area (TPSA) is 84.0 Å². The molecule has 1 fully saturated rings. The zero-order valence-electron chi connectivity index (χ0n) is 17.6. The lowest BCUT2D eigenvalue weighted by atomic mass is 9.78. The van der Waals surface area contributed by atoms with E-state index in [-0.39, 0.29) is 16.8 Å². The zero-order chi connectivity index (χ0) is 21.3. The van der Waals surface area contributed by atoms with E-state index in [1.165, 1.54) is 6.42 Å². The van der Waals surface area contributed by atoms with Crippen molar-refractivity contribution in [2.75, 3.05) is 10.0 Å². The Morgan fingerprint density at radius 3 is 2.20 bits per heavy atom. The molecule has 30 heavy (non-hydrogen) atoms. The number of anilines is 2. The number of nitrogens with zero attached hydrogens (tertiary/aromatic N) is 2. The fourth-order valence-electron chi connectivity index (χ4n) is 4.04. The number of para-hydroxylation sites is 2. The number of aromatic nitrogens is 2. The average molecular weight is 425 g/mol. The van der Waals surface area contributed by atoms with Crippen LogP contribution in [0.25, 0.3) is 11.0 Å². The number of nitrogens with one attached hydrogen (secondary N) is 2. The Kier molecular flexibility index (Phi) is 5.64. The van der Waals surface area contributed by atoms with E-state index in [9.17, 15) is 8.42 Å². The van der Waals surface area contributed by atoms with E-state index in [2.05, 4.69) is 28.9 Å². The van der Waals surface area contributed by atoms with Gasteiger partial charge in [-0.15, -0.1) is 0 Å². The van der Waals surface area contributed by atoms with Crippen LogP contribution in [0, 0.1) is 18.8 Å². The Labute approximate surface area is 178 Å². The van der Waals surface area contributed by atoms with Crippen molar-refractivity contribution >= 4 is 32.7 Å². The molecule has 4 rings (SSSR count). The second-order valence-electron chi connectivity index (χ2n) is 8.35. The van der Waals surface area contributed by atoms with Crippen LogP contribution in [0.3, 0.4) is 0 Å². The molecule has 0 radical (unpaired) electrons. The highest BCUT2D eigenvalue weighted by Crippen LogP contribution is 2.33. The van der Waals surface area contributed by atoms with Gasteiger partial charge in [0.2, 0.25) is 0 Å². The molecule has 2 aromatic carbocycles. The minimum atomic E-state index is -3.78. The monoisotopic (exact) mass is 424 g/mol. The van der Waals surface area contributed by atoms with E-state index in [4.69, 9.17) is 4.98 Å². The maximum Gasteiger partial charge on any atom is 0.263 e. The van der Waals surface area contributed by atoms with E-state index in [1.807, 2.05) is 31.2 Å². The summed E-state index contributed by atoms with van der Waals surface area (Å²) in [5.41, 5.74) is 2.38. The van der Waals surface area contributed by atoms with E-state index in [1.54, 1.807) is 24.3 Å². The number of hydrogen-bond acceptors (Lipinski definition) is 5. The molecule has 1 aromatic heterocycles. The Morgan fingerprint density at radius 2 is 1.53 bits per heavy atom. The van der Waals surface area contributed by atoms with Crippen molar-refractivity contribution in [2.45, 2.75) is 51.0 Å². The molecule has 0 spiro atoms. The number of hydrogen-bond donors (Lipinski definition) is 2. The Bertz CT molecular complexity index is 1150. The molecular weight excluding hydrogens is 396 g/mol. The van der Waals surface area contributed by atoms with Gasteiger partial charge in [0.05, 0.1) is 15.9 Å². The summed E-state index contributed by atoms with van der Waals surface area (Å²) in [5.74, 6) is 1.79. The van der Waals surface area contributed by atoms with Gasteiger partial charge in [0.15, 0.2) is 11.6 Å². The van der Waals surface area contributed by atoms with E-state index < -0.39 is 10.0 Å². The van der Waals surface area contributed by atoms with Crippen LogP contribution in [0.2, 0.25) is 0 Å². The molecule has 1 aliphatic rings. The first-order chi connectivity index (χ1) is 14.3. The molecule has 0 aliphatic heterocycles. The maximum absolute atomic E-state index is 13.0. The smallest absolute Gasteiger partial charge is 0.263 e. The zero-order valence-corrected chi connectivity index (χ0v) is 18.4. The molecule has 1 saturated carbocycles. The molecule has 3 unspecified atom stereocenters. The SMILES string of the molecule is Cc1ccc(S(=O)(=O)Nc2nc3ccccc3nc2NC2CCCC(C)C2C)cc1.